The summed E-state index contributed by atoms with van der Waals surface area (Å²) < 4.78 is 0. The van der Waals surface area contributed by atoms with E-state index in [4.69, 9.17) is 11.6 Å². The van der Waals surface area contributed by atoms with Crippen molar-refractivity contribution in [1.29, 1.82) is 0 Å². The number of amides is 1. The molecule has 2 unspecified atom stereocenters. The van der Waals surface area contributed by atoms with E-state index in [1.165, 1.54) is 5.56 Å². The summed E-state index contributed by atoms with van der Waals surface area (Å²) in [6.07, 6.45) is 3.35. The van der Waals surface area contributed by atoms with E-state index in [1.807, 2.05) is 23.1 Å². The molecule has 2 saturated heterocycles. The number of carbonyl (C=O) groups is 1. The normalized spacial score (nSPS) is 23.5. The molecule has 2 aliphatic heterocycles. The molecule has 0 spiro atoms. The average molecular weight is 342 g/mol. The fourth-order valence-corrected chi connectivity index (χ4v) is 4.13. The predicted octanol–water partition coefficient (Wildman–Crippen LogP) is 2.94. The molecule has 2 atom stereocenters. The van der Waals surface area contributed by atoms with Crippen molar-refractivity contribution in [2.75, 3.05) is 26.2 Å². The highest BCUT2D eigenvalue weighted by atomic mass is 35.5. The highest BCUT2D eigenvalue weighted by Gasteiger charge is 2.41. The van der Waals surface area contributed by atoms with E-state index in [0.29, 0.717) is 11.8 Å². The van der Waals surface area contributed by atoms with Gasteiger partial charge >= 0.3 is 0 Å². The van der Waals surface area contributed by atoms with Crippen LogP contribution in [0.25, 0.3) is 0 Å². The maximum absolute atomic E-state index is 12.6. The molecule has 2 aliphatic rings. The molecule has 4 rings (SSSR count). The Bertz CT molecular complexity index is 722. The maximum atomic E-state index is 12.6. The zero-order valence-corrected chi connectivity index (χ0v) is 14.2. The third kappa shape index (κ3) is 3.04. The molecule has 0 aliphatic carbocycles. The van der Waals surface area contributed by atoms with Crippen molar-refractivity contribution in [1.82, 2.24) is 14.8 Å². The fourth-order valence-electron chi connectivity index (χ4n) is 3.93. The Morgan fingerprint density at radius 1 is 1.04 bits per heavy atom. The SMILES string of the molecule is O=C(c1ccncc1)N1CC2CN(Cc3ccccc3Cl)CC2C1. The minimum Gasteiger partial charge on any atom is -0.338 e. The lowest BCUT2D eigenvalue weighted by Gasteiger charge is -2.22. The monoisotopic (exact) mass is 341 g/mol. The number of aromatic nitrogens is 1. The van der Waals surface area contributed by atoms with Gasteiger partial charge in [0.2, 0.25) is 0 Å². The molecule has 0 bridgehead atoms. The van der Waals surface area contributed by atoms with E-state index < -0.39 is 0 Å². The zero-order valence-electron chi connectivity index (χ0n) is 13.4. The molecule has 124 valence electrons. The molecule has 4 nitrogen and oxygen atoms in total. The van der Waals surface area contributed by atoms with Crippen LogP contribution >= 0.6 is 11.6 Å². The van der Waals surface area contributed by atoms with E-state index in [-0.39, 0.29) is 5.91 Å². The van der Waals surface area contributed by atoms with E-state index in [9.17, 15) is 4.79 Å². The summed E-state index contributed by atoms with van der Waals surface area (Å²) >= 11 is 6.27. The van der Waals surface area contributed by atoms with Crippen molar-refractivity contribution in [3.8, 4) is 0 Å². The van der Waals surface area contributed by atoms with Gasteiger partial charge in [0.25, 0.3) is 5.91 Å². The van der Waals surface area contributed by atoms with Gasteiger partial charge in [-0.2, -0.15) is 0 Å². The van der Waals surface area contributed by atoms with Crippen LogP contribution in [0, 0.1) is 11.8 Å². The molecular formula is C19H20ClN3O. The number of halogens is 1. The minimum absolute atomic E-state index is 0.129. The third-order valence-electron chi connectivity index (χ3n) is 5.13. The molecule has 1 amide bonds. The van der Waals surface area contributed by atoms with Crippen molar-refractivity contribution in [2.24, 2.45) is 11.8 Å². The summed E-state index contributed by atoms with van der Waals surface area (Å²) in [5.41, 5.74) is 1.92. The van der Waals surface area contributed by atoms with Gasteiger partial charge < -0.3 is 4.90 Å². The Kier molecular flexibility index (Phi) is 4.25. The number of benzene rings is 1. The van der Waals surface area contributed by atoms with Gasteiger partial charge in [0.1, 0.15) is 0 Å². The number of fused-ring (bicyclic) bond motifs is 1. The van der Waals surface area contributed by atoms with E-state index >= 15 is 0 Å². The Labute approximate surface area is 147 Å². The van der Waals surface area contributed by atoms with Crippen LogP contribution in [-0.2, 0) is 6.54 Å². The smallest absolute Gasteiger partial charge is 0.253 e. The van der Waals surface area contributed by atoms with Crippen molar-refractivity contribution in [2.45, 2.75) is 6.54 Å². The van der Waals surface area contributed by atoms with E-state index in [2.05, 4.69) is 16.0 Å². The van der Waals surface area contributed by atoms with Gasteiger partial charge in [0.05, 0.1) is 0 Å². The molecule has 1 aromatic carbocycles. The third-order valence-corrected chi connectivity index (χ3v) is 5.50. The highest BCUT2D eigenvalue weighted by Crippen LogP contribution is 2.33. The largest absolute Gasteiger partial charge is 0.338 e. The first kappa shape index (κ1) is 15.6. The number of rotatable bonds is 3. The van der Waals surface area contributed by atoms with Crippen LogP contribution < -0.4 is 0 Å². The second-order valence-corrected chi connectivity index (χ2v) is 7.16. The lowest BCUT2D eigenvalue weighted by Crippen LogP contribution is -2.33. The lowest BCUT2D eigenvalue weighted by molar-refractivity contribution is 0.0773. The Morgan fingerprint density at radius 2 is 1.71 bits per heavy atom. The van der Waals surface area contributed by atoms with Crippen LogP contribution in [0.15, 0.2) is 48.8 Å². The Morgan fingerprint density at radius 3 is 2.38 bits per heavy atom. The second kappa shape index (κ2) is 6.54. The molecule has 24 heavy (non-hydrogen) atoms. The average Bonchev–Trinajstić information content (AvgIpc) is 3.15. The molecule has 0 radical (unpaired) electrons. The molecule has 2 aromatic rings. The summed E-state index contributed by atoms with van der Waals surface area (Å²) in [5, 5.41) is 0.837. The van der Waals surface area contributed by atoms with Gasteiger partial charge in [-0.05, 0) is 35.6 Å². The number of likely N-dealkylation sites (tertiary alicyclic amines) is 2. The molecule has 5 heteroatoms. The van der Waals surface area contributed by atoms with Gasteiger partial charge in [-0.3, -0.25) is 14.7 Å². The van der Waals surface area contributed by atoms with Crippen LogP contribution in [0.1, 0.15) is 15.9 Å². The topological polar surface area (TPSA) is 36.4 Å². The van der Waals surface area contributed by atoms with Crippen LogP contribution in [0.3, 0.4) is 0 Å². The van der Waals surface area contributed by atoms with E-state index in [1.54, 1.807) is 24.5 Å². The molecule has 0 N–H and O–H groups in total. The molecule has 1 aromatic heterocycles. The van der Waals surface area contributed by atoms with Crippen LogP contribution in [0.5, 0.6) is 0 Å². The molecular weight excluding hydrogens is 322 g/mol. The van der Waals surface area contributed by atoms with Crippen LogP contribution in [-0.4, -0.2) is 46.9 Å². The van der Waals surface area contributed by atoms with Gasteiger partial charge in [-0.1, -0.05) is 29.8 Å². The minimum atomic E-state index is 0.129. The second-order valence-electron chi connectivity index (χ2n) is 6.75. The number of nitrogens with zero attached hydrogens (tertiary/aromatic N) is 3. The number of pyridine rings is 1. The summed E-state index contributed by atoms with van der Waals surface area (Å²) in [4.78, 5) is 21.0. The van der Waals surface area contributed by atoms with Crippen molar-refractivity contribution in [3.05, 3.63) is 64.9 Å². The summed E-state index contributed by atoms with van der Waals surface area (Å²) in [7, 11) is 0. The molecule has 2 fully saturated rings. The Balaban J connectivity index is 1.37. The number of hydrogen-bond acceptors (Lipinski definition) is 3. The first-order valence-corrected chi connectivity index (χ1v) is 8.73. The summed E-state index contributed by atoms with van der Waals surface area (Å²) in [6, 6.07) is 11.6. The number of carbonyl (C=O) groups excluding carboxylic acids is 1. The fraction of sp³-hybridized carbons (Fsp3) is 0.368. The van der Waals surface area contributed by atoms with Crippen molar-refractivity contribution >= 4 is 17.5 Å². The zero-order chi connectivity index (χ0) is 16.5. The Hall–Kier alpha value is -1.91. The summed E-state index contributed by atoms with van der Waals surface area (Å²) in [6.45, 7) is 4.67. The number of hydrogen-bond donors (Lipinski definition) is 0. The van der Waals surface area contributed by atoms with Gasteiger partial charge in [-0.15, -0.1) is 0 Å². The first-order chi connectivity index (χ1) is 11.7. The quantitative estimate of drug-likeness (QED) is 0.861. The molecule has 3 heterocycles. The van der Waals surface area contributed by atoms with Crippen molar-refractivity contribution in [3.63, 3.8) is 0 Å². The molecule has 0 saturated carbocycles. The van der Waals surface area contributed by atoms with Gasteiger partial charge in [0.15, 0.2) is 0 Å². The van der Waals surface area contributed by atoms with Crippen LogP contribution in [0.4, 0.5) is 0 Å². The van der Waals surface area contributed by atoms with Gasteiger partial charge in [0, 0.05) is 55.7 Å². The van der Waals surface area contributed by atoms with Gasteiger partial charge in [-0.25, -0.2) is 0 Å². The standard InChI is InChI=1S/C19H20ClN3O/c20-18-4-2-1-3-15(18)9-22-10-16-12-23(13-17(16)11-22)19(24)14-5-7-21-8-6-14/h1-8,16-17H,9-13H2. The maximum Gasteiger partial charge on any atom is 0.253 e. The highest BCUT2D eigenvalue weighted by molar-refractivity contribution is 6.31. The van der Waals surface area contributed by atoms with Crippen LogP contribution in [0.2, 0.25) is 5.02 Å². The lowest BCUT2D eigenvalue weighted by atomic mass is 10.0. The summed E-state index contributed by atoms with van der Waals surface area (Å²) in [5.74, 6) is 1.26. The predicted molar refractivity (Wildman–Crippen MR) is 93.8 cm³/mol. The van der Waals surface area contributed by atoms with E-state index in [0.717, 1.165) is 43.3 Å². The van der Waals surface area contributed by atoms with Crippen molar-refractivity contribution < 1.29 is 4.79 Å². The first-order valence-electron chi connectivity index (χ1n) is 8.36.